The van der Waals surface area contributed by atoms with Gasteiger partial charge in [-0.1, -0.05) is 96.1 Å². The zero-order chi connectivity index (χ0) is 20.9. The minimum absolute atomic E-state index is 0. The van der Waals surface area contributed by atoms with Gasteiger partial charge in [0.25, 0.3) is 0 Å². The van der Waals surface area contributed by atoms with Crippen LogP contribution in [0.3, 0.4) is 0 Å². The molecule has 0 saturated heterocycles. The van der Waals surface area contributed by atoms with Crippen molar-refractivity contribution in [2.24, 2.45) is 0 Å². The fourth-order valence-corrected chi connectivity index (χ4v) is 3.99. The molecule has 0 atom stereocenters. The van der Waals surface area contributed by atoms with E-state index in [1.54, 1.807) is 11.1 Å². The van der Waals surface area contributed by atoms with Crippen LogP contribution in [0, 0.1) is 0 Å². The van der Waals surface area contributed by atoms with Crippen molar-refractivity contribution in [2.75, 3.05) is 0 Å². The summed E-state index contributed by atoms with van der Waals surface area (Å²) in [5, 5.41) is 10.5. The second-order valence-corrected chi connectivity index (χ2v) is 8.57. The highest BCUT2D eigenvalue weighted by atomic mass is 16.4. The Morgan fingerprint density at radius 3 is 1.17 bits per heavy atom. The summed E-state index contributed by atoms with van der Waals surface area (Å²) >= 11 is 0. The smallest absolute Gasteiger partial charge is 0.0414 e. The van der Waals surface area contributed by atoms with E-state index in [1.807, 2.05) is 0 Å². The number of hydrogen-bond acceptors (Lipinski definition) is 2. The molecule has 174 valence electrons. The van der Waals surface area contributed by atoms with E-state index >= 15 is 0 Å². The first-order chi connectivity index (χ1) is 13.7. The fourth-order valence-electron chi connectivity index (χ4n) is 3.99. The fraction of sp³-hybridized carbons (Fsp3) is 0.885. The van der Waals surface area contributed by atoms with E-state index in [1.165, 1.54) is 103 Å². The molecule has 0 amide bonds. The zero-order valence-electron chi connectivity index (χ0n) is 20.5. The lowest BCUT2D eigenvalue weighted by atomic mass is 9.90. The topological polar surface area (TPSA) is 76.6 Å². The van der Waals surface area contributed by atoms with E-state index < -0.39 is 5.97 Å². The van der Waals surface area contributed by atoms with E-state index in [-0.39, 0.29) is 12.6 Å². The predicted molar refractivity (Wildman–Crippen MR) is 127 cm³/mol. The van der Waals surface area contributed by atoms with Gasteiger partial charge < -0.3 is 16.1 Å². The maximum atomic E-state index is 10.5. The first kappa shape index (κ1) is 30.4. The van der Waals surface area contributed by atoms with Crippen LogP contribution < -0.4 is 11.3 Å². The number of carboxylic acid groups (broad SMARTS) is 1. The number of carbonyl (C=O) groups is 1. The van der Waals surface area contributed by atoms with E-state index in [0.717, 1.165) is 19.3 Å². The van der Waals surface area contributed by atoms with Crippen LogP contribution in [0.2, 0.25) is 0 Å². The molecule has 0 aliphatic carbocycles. The van der Waals surface area contributed by atoms with Gasteiger partial charge in [-0.25, -0.2) is 0 Å². The van der Waals surface area contributed by atoms with E-state index in [9.17, 15) is 9.90 Å². The quantitative estimate of drug-likeness (QED) is 0.152. The van der Waals surface area contributed by atoms with Crippen molar-refractivity contribution in [3.63, 3.8) is 0 Å². The zero-order valence-corrected chi connectivity index (χ0v) is 20.5. The molecule has 0 aliphatic rings. The summed E-state index contributed by atoms with van der Waals surface area (Å²) in [5.41, 5.74) is 3.57. The highest BCUT2D eigenvalue weighted by Gasteiger charge is 2.08. The molecule has 0 aliphatic heterocycles. The van der Waals surface area contributed by atoms with Gasteiger partial charge in [0.05, 0.1) is 0 Å². The summed E-state index contributed by atoms with van der Waals surface area (Å²) < 4.78 is 0. The Balaban J connectivity index is 0. The number of quaternary nitrogens is 1. The number of carbonyl (C=O) groups excluding carboxylic acids is 1. The molecule has 0 heterocycles. The SMILES string of the molecule is CCCCCCCC/C(CCCC)=C(/CCCC)CCCCCCCC(=O)[O-].[NH4+]. The van der Waals surface area contributed by atoms with Crippen LogP contribution in [-0.4, -0.2) is 5.97 Å². The summed E-state index contributed by atoms with van der Waals surface area (Å²) in [6, 6.07) is 0. The highest BCUT2D eigenvalue weighted by Crippen LogP contribution is 2.27. The Morgan fingerprint density at radius 1 is 0.483 bits per heavy atom. The Labute approximate surface area is 182 Å². The highest BCUT2D eigenvalue weighted by molar-refractivity contribution is 5.64. The van der Waals surface area contributed by atoms with Crippen LogP contribution in [0.1, 0.15) is 149 Å². The van der Waals surface area contributed by atoms with Gasteiger partial charge >= 0.3 is 0 Å². The molecule has 0 bridgehead atoms. The molecule has 0 aromatic rings. The minimum atomic E-state index is -0.903. The maximum absolute atomic E-state index is 10.5. The maximum Gasteiger partial charge on any atom is 0.0414 e. The molecule has 3 heteroatoms. The standard InChI is InChI=1S/C26H50O2.H3N/c1-4-7-10-11-13-16-21-24(19-8-5-2)25(20-9-6-3)22-17-14-12-15-18-23-26(27)28;/h4-23H2,1-3H3,(H,27,28);1H3/b25-24-;. The molecule has 3 nitrogen and oxygen atoms in total. The number of hydrogen-bond donors (Lipinski definition) is 1. The third kappa shape index (κ3) is 20.2. The first-order valence-electron chi connectivity index (χ1n) is 12.5. The number of rotatable bonds is 21. The van der Waals surface area contributed by atoms with Crippen molar-refractivity contribution in [1.29, 1.82) is 0 Å². The molecule has 0 unspecified atom stereocenters. The van der Waals surface area contributed by atoms with Crippen molar-refractivity contribution in [1.82, 2.24) is 6.15 Å². The van der Waals surface area contributed by atoms with Crippen molar-refractivity contribution in [2.45, 2.75) is 149 Å². The summed E-state index contributed by atoms with van der Waals surface area (Å²) in [5.74, 6) is -0.903. The van der Waals surface area contributed by atoms with Gasteiger partial charge in [-0.3, -0.25) is 0 Å². The number of unbranched alkanes of at least 4 members (excludes halogenated alkanes) is 11. The normalized spacial score (nSPS) is 11.8. The lowest BCUT2D eigenvalue weighted by molar-refractivity contribution is -0.305. The molecule has 0 spiro atoms. The minimum Gasteiger partial charge on any atom is -0.550 e. The summed E-state index contributed by atoms with van der Waals surface area (Å²) in [4.78, 5) is 10.5. The lowest BCUT2D eigenvalue weighted by Gasteiger charge is -2.16. The summed E-state index contributed by atoms with van der Waals surface area (Å²) in [7, 11) is 0. The average Bonchev–Trinajstić information content (AvgIpc) is 2.68. The van der Waals surface area contributed by atoms with Crippen LogP contribution in [0.15, 0.2) is 11.1 Å². The van der Waals surface area contributed by atoms with Gasteiger partial charge in [-0.2, -0.15) is 0 Å². The summed E-state index contributed by atoms with van der Waals surface area (Å²) in [6.45, 7) is 6.89. The second-order valence-electron chi connectivity index (χ2n) is 8.57. The van der Waals surface area contributed by atoms with Gasteiger partial charge in [0.1, 0.15) is 0 Å². The molecule has 0 rings (SSSR count). The van der Waals surface area contributed by atoms with E-state index in [2.05, 4.69) is 20.8 Å². The molecular weight excluding hydrogens is 358 g/mol. The Kier molecular flexibility index (Phi) is 24.6. The van der Waals surface area contributed by atoms with Crippen LogP contribution in [0.25, 0.3) is 0 Å². The molecule has 0 fully saturated rings. The molecule has 0 saturated carbocycles. The van der Waals surface area contributed by atoms with Crippen molar-refractivity contribution in [3.05, 3.63) is 11.1 Å². The second kappa shape index (κ2) is 23.4. The van der Waals surface area contributed by atoms with E-state index in [4.69, 9.17) is 0 Å². The molecule has 0 aromatic carbocycles. The van der Waals surface area contributed by atoms with Crippen LogP contribution in [0.5, 0.6) is 0 Å². The lowest BCUT2D eigenvalue weighted by Crippen LogP contribution is -2.21. The van der Waals surface area contributed by atoms with Crippen molar-refractivity contribution >= 4 is 5.97 Å². The largest absolute Gasteiger partial charge is 0.550 e. The van der Waals surface area contributed by atoms with Crippen molar-refractivity contribution < 1.29 is 9.90 Å². The molecule has 0 aromatic heterocycles. The molecular formula is C26H53NO2. The third-order valence-corrected chi connectivity index (χ3v) is 5.86. The Bertz CT molecular complexity index is 390. The van der Waals surface area contributed by atoms with Gasteiger partial charge in [-0.05, 0) is 64.2 Å². The van der Waals surface area contributed by atoms with Gasteiger partial charge in [-0.15, -0.1) is 0 Å². The van der Waals surface area contributed by atoms with Gasteiger partial charge in [0, 0.05) is 5.97 Å². The van der Waals surface area contributed by atoms with E-state index in [0.29, 0.717) is 0 Å². The molecule has 4 N–H and O–H groups in total. The third-order valence-electron chi connectivity index (χ3n) is 5.86. The number of carboxylic acids is 1. The molecule has 29 heavy (non-hydrogen) atoms. The predicted octanol–water partition coefficient (Wildman–Crippen LogP) is 8.27. The monoisotopic (exact) mass is 411 g/mol. The number of allylic oxidation sites excluding steroid dienone is 2. The average molecular weight is 412 g/mol. The van der Waals surface area contributed by atoms with Crippen molar-refractivity contribution in [3.8, 4) is 0 Å². The van der Waals surface area contributed by atoms with Crippen LogP contribution in [0.4, 0.5) is 0 Å². The van der Waals surface area contributed by atoms with Crippen LogP contribution >= 0.6 is 0 Å². The Morgan fingerprint density at radius 2 is 0.793 bits per heavy atom. The van der Waals surface area contributed by atoms with Gasteiger partial charge in [0.15, 0.2) is 0 Å². The van der Waals surface area contributed by atoms with Gasteiger partial charge in [0.2, 0.25) is 0 Å². The summed E-state index contributed by atoms with van der Waals surface area (Å²) in [6.07, 6.45) is 24.5. The van der Waals surface area contributed by atoms with Crippen LogP contribution in [-0.2, 0) is 4.79 Å². The first-order valence-corrected chi connectivity index (χ1v) is 12.5. The Hall–Kier alpha value is -0.830. The molecule has 0 radical (unpaired) electrons. The number of aliphatic carboxylic acids is 1.